The maximum atomic E-state index is 11.2. The van der Waals surface area contributed by atoms with Crippen LogP contribution >= 0.6 is 0 Å². The lowest BCUT2D eigenvalue weighted by Gasteiger charge is -2.06. The quantitative estimate of drug-likeness (QED) is 0.724. The molecule has 0 aliphatic heterocycles. The van der Waals surface area contributed by atoms with E-state index in [-0.39, 0.29) is 5.97 Å². The normalized spacial score (nSPS) is 9.57. The van der Waals surface area contributed by atoms with Gasteiger partial charge in [0.25, 0.3) is 0 Å². The van der Waals surface area contributed by atoms with Crippen molar-refractivity contribution in [3.63, 3.8) is 0 Å². The molecule has 1 aromatic rings. The summed E-state index contributed by atoms with van der Waals surface area (Å²) < 4.78 is 4.60. The Morgan fingerprint density at radius 3 is 2.64 bits per heavy atom. The largest absolute Gasteiger partial charge is 0.465 e. The minimum absolute atomic E-state index is 0.368. The van der Waals surface area contributed by atoms with Crippen LogP contribution < -0.4 is 5.73 Å². The number of esters is 1. The van der Waals surface area contributed by atoms with E-state index in [4.69, 9.17) is 5.73 Å². The standard InChI is InChI=1S/C11H13NO2/c1-7-4-5-9(11(13)14-3)6-10(7)8(2)12/h4-6H,2,12H2,1,3H3. The number of ether oxygens (including phenoxy) is 1. The molecule has 0 saturated heterocycles. The Bertz CT molecular complexity index is 383. The average Bonchev–Trinajstić information content (AvgIpc) is 2.17. The van der Waals surface area contributed by atoms with Crippen molar-refractivity contribution < 1.29 is 9.53 Å². The van der Waals surface area contributed by atoms with Crippen molar-refractivity contribution in [3.05, 3.63) is 41.5 Å². The Hall–Kier alpha value is -1.77. The number of rotatable bonds is 2. The molecule has 0 aliphatic carbocycles. The van der Waals surface area contributed by atoms with Crippen molar-refractivity contribution in [2.24, 2.45) is 5.73 Å². The van der Waals surface area contributed by atoms with Gasteiger partial charge in [0, 0.05) is 11.3 Å². The zero-order valence-corrected chi connectivity index (χ0v) is 8.33. The van der Waals surface area contributed by atoms with Gasteiger partial charge in [-0.15, -0.1) is 0 Å². The van der Waals surface area contributed by atoms with Gasteiger partial charge in [0.2, 0.25) is 0 Å². The van der Waals surface area contributed by atoms with Crippen LogP contribution in [-0.4, -0.2) is 13.1 Å². The minimum atomic E-state index is -0.368. The topological polar surface area (TPSA) is 52.3 Å². The van der Waals surface area contributed by atoms with Gasteiger partial charge in [-0.25, -0.2) is 4.79 Å². The molecule has 0 heterocycles. The number of carbonyl (C=O) groups is 1. The molecule has 2 N–H and O–H groups in total. The highest BCUT2D eigenvalue weighted by molar-refractivity contribution is 5.90. The van der Waals surface area contributed by atoms with Gasteiger partial charge in [-0.3, -0.25) is 0 Å². The molecule has 0 atom stereocenters. The first-order valence-corrected chi connectivity index (χ1v) is 4.20. The Labute approximate surface area is 83.2 Å². The summed E-state index contributed by atoms with van der Waals surface area (Å²) in [5.41, 5.74) is 8.29. The summed E-state index contributed by atoms with van der Waals surface area (Å²) in [5.74, 6) is -0.368. The van der Waals surface area contributed by atoms with Crippen molar-refractivity contribution in [1.29, 1.82) is 0 Å². The van der Waals surface area contributed by atoms with Crippen molar-refractivity contribution in [1.82, 2.24) is 0 Å². The molecule has 3 heteroatoms. The maximum Gasteiger partial charge on any atom is 0.337 e. The lowest BCUT2D eigenvalue weighted by molar-refractivity contribution is 0.0600. The number of nitrogens with two attached hydrogens (primary N) is 1. The molecule has 0 spiro atoms. The second kappa shape index (κ2) is 3.96. The van der Waals surface area contributed by atoms with Gasteiger partial charge in [-0.2, -0.15) is 0 Å². The van der Waals surface area contributed by atoms with E-state index in [2.05, 4.69) is 11.3 Å². The summed E-state index contributed by atoms with van der Waals surface area (Å²) in [6, 6.07) is 5.21. The number of methoxy groups -OCH3 is 1. The number of aryl methyl sites for hydroxylation is 1. The van der Waals surface area contributed by atoms with Crippen LogP contribution in [-0.2, 0) is 4.74 Å². The summed E-state index contributed by atoms with van der Waals surface area (Å²) in [4.78, 5) is 11.2. The first-order chi connectivity index (χ1) is 6.56. The lowest BCUT2D eigenvalue weighted by atomic mass is 10.0. The van der Waals surface area contributed by atoms with Crippen LogP contribution in [0.25, 0.3) is 5.70 Å². The van der Waals surface area contributed by atoms with Crippen LogP contribution in [0.3, 0.4) is 0 Å². The third kappa shape index (κ3) is 1.93. The van der Waals surface area contributed by atoms with Crippen LogP contribution in [0.2, 0.25) is 0 Å². The molecule has 3 nitrogen and oxygen atoms in total. The van der Waals surface area contributed by atoms with E-state index < -0.39 is 0 Å². The van der Waals surface area contributed by atoms with E-state index in [1.807, 2.05) is 13.0 Å². The summed E-state index contributed by atoms with van der Waals surface area (Å²) >= 11 is 0. The third-order valence-corrected chi connectivity index (χ3v) is 2.00. The van der Waals surface area contributed by atoms with Crippen LogP contribution in [0.1, 0.15) is 21.5 Å². The van der Waals surface area contributed by atoms with Gasteiger partial charge >= 0.3 is 5.97 Å². The first kappa shape index (κ1) is 10.3. The van der Waals surface area contributed by atoms with E-state index in [0.717, 1.165) is 11.1 Å². The molecule has 14 heavy (non-hydrogen) atoms. The van der Waals surface area contributed by atoms with Gasteiger partial charge in [-0.1, -0.05) is 12.6 Å². The zero-order chi connectivity index (χ0) is 10.7. The van der Waals surface area contributed by atoms with Crippen molar-refractivity contribution in [2.75, 3.05) is 7.11 Å². The second-order valence-electron chi connectivity index (χ2n) is 3.05. The monoisotopic (exact) mass is 191 g/mol. The summed E-state index contributed by atoms with van der Waals surface area (Å²) in [6.45, 7) is 5.55. The minimum Gasteiger partial charge on any atom is -0.465 e. The van der Waals surface area contributed by atoms with E-state index >= 15 is 0 Å². The van der Waals surface area contributed by atoms with Gasteiger partial charge in [-0.05, 0) is 24.6 Å². The second-order valence-corrected chi connectivity index (χ2v) is 3.05. The molecule has 0 saturated carbocycles. The fraction of sp³-hybridized carbons (Fsp3) is 0.182. The Kier molecular flexibility index (Phi) is 2.92. The van der Waals surface area contributed by atoms with Gasteiger partial charge < -0.3 is 10.5 Å². The molecular weight excluding hydrogens is 178 g/mol. The molecular formula is C11H13NO2. The number of benzene rings is 1. The highest BCUT2D eigenvalue weighted by atomic mass is 16.5. The van der Waals surface area contributed by atoms with E-state index in [9.17, 15) is 4.79 Å². The molecule has 0 radical (unpaired) electrons. The summed E-state index contributed by atoms with van der Waals surface area (Å²) in [7, 11) is 1.35. The molecule has 74 valence electrons. The number of hydrogen-bond donors (Lipinski definition) is 1. The summed E-state index contributed by atoms with van der Waals surface area (Å²) in [5, 5.41) is 0. The molecule has 0 unspecified atom stereocenters. The SMILES string of the molecule is C=C(N)c1cc(C(=O)OC)ccc1C. The molecule has 0 aromatic heterocycles. The third-order valence-electron chi connectivity index (χ3n) is 2.00. The predicted molar refractivity (Wildman–Crippen MR) is 55.7 cm³/mol. The van der Waals surface area contributed by atoms with Crippen LogP contribution in [0.15, 0.2) is 24.8 Å². The average molecular weight is 191 g/mol. The maximum absolute atomic E-state index is 11.2. The fourth-order valence-electron chi connectivity index (χ4n) is 1.21. The lowest BCUT2D eigenvalue weighted by Crippen LogP contribution is -2.04. The molecule has 1 aromatic carbocycles. The van der Waals surface area contributed by atoms with Crippen molar-refractivity contribution in [2.45, 2.75) is 6.92 Å². The van der Waals surface area contributed by atoms with E-state index in [0.29, 0.717) is 11.3 Å². The number of carbonyl (C=O) groups excluding carboxylic acids is 1. The highest BCUT2D eigenvalue weighted by Gasteiger charge is 2.08. The predicted octanol–water partition coefficient (Wildman–Crippen LogP) is 1.71. The number of hydrogen-bond acceptors (Lipinski definition) is 3. The zero-order valence-electron chi connectivity index (χ0n) is 8.33. The highest BCUT2D eigenvalue weighted by Crippen LogP contribution is 2.16. The molecule has 0 aliphatic rings. The molecule has 0 amide bonds. The van der Waals surface area contributed by atoms with E-state index in [1.165, 1.54) is 7.11 Å². The molecule has 1 rings (SSSR count). The summed E-state index contributed by atoms with van der Waals surface area (Å²) in [6.07, 6.45) is 0. The van der Waals surface area contributed by atoms with Gasteiger partial charge in [0.15, 0.2) is 0 Å². The van der Waals surface area contributed by atoms with Gasteiger partial charge in [0.1, 0.15) is 0 Å². The Morgan fingerprint density at radius 1 is 1.50 bits per heavy atom. The molecule has 0 bridgehead atoms. The smallest absolute Gasteiger partial charge is 0.337 e. The first-order valence-electron chi connectivity index (χ1n) is 4.20. The van der Waals surface area contributed by atoms with Crippen LogP contribution in [0.4, 0.5) is 0 Å². The Morgan fingerprint density at radius 2 is 2.14 bits per heavy atom. The van der Waals surface area contributed by atoms with E-state index in [1.54, 1.807) is 12.1 Å². The van der Waals surface area contributed by atoms with Crippen molar-refractivity contribution in [3.8, 4) is 0 Å². The van der Waals surface area contributed by atoms with Crippen LogP contribution in [0, 0.1) is 6.92 Å². The fourth-order valence-corrected chi connectivity index (χ4v) is 1.21. The van der Waals surface area contributed by atoms with Crippen LogP contribution in [0.5, 0.6) is 0 Å². The van der Waals surface area contributed by atoms with Gasteiger partial charge in [0.05, 0.1) is 12.7 Å². The molecule has 0 fully saturated rings. The van der Waals surface area contributed by atoms with Crippen molar-refractivity contribution >= 4 is 11.7 Å². The Balaban J connectivity index is 3.19.